The third kappa shape index (κ3) is 3.48. The molecule has 26 heavy (non-hydrogen) atoms. The summed E-state index contributed by atoms with van der Waals surface area (Å²) in [7, 11) is 0. The number of carbonyl (C=O) groups is 2. The second kappa shape index (κ2) is 7.53. The van der Waals surface area contributed by atoms with E-state index in [0.717, 1.165) is 10.4 Å². The molecule has 2 fully saturated rings. The molecule has 7 nitrogen and oxygen atoms in total. The van der Waals surface area contributed by atoms with Crippen LogP contribution < -0.4 is 10.9 Å². The first-order valence-corrected chi connectivity index (χ1v) is 9.63. The molecule has 2 aromatic rings. The molecule has 0 saturated carbocycles. The minimum absolute atomic E-state index is 0.0607. The van der Waals surface area contributed by atoms with Gasteiger partial charge in [0.25, 0.3) is 5.91 Å². The summed E-state index contributed by atoms with van der Waals surface area (Å²) in [5.74, 6) is 0.155. The number of thiophene rings is 1. The van der Waals surface area contributed by atoms with E-state index >= 15 is 0 Å². The Kier molecular flexibility index (Phi) is 4.96. The molecule has 0 spiro atoms. The van der Waals surface area contributed by atoms with Gasteiger partial charge in [0.1, 0.15) is 6.04 Å². The number of nitrogens with one attached hydrogen (secondary N) is 2. The van der Waals surface area contributed by atoms with Gasteiger partial charge < -0.3 is 9.80 Å². The molecule has 4 heterocycles. The molecule has 8 heteroatoms. The van der Waals surface area contributed by atoms with E-state index in [9.17, 15) is 9.59 Å². The fourth-order valence-corrected chi connectivity index (χ4v) is 4.13. The Bertz CT molecular complexity index is 759. The summed E-state index contributed by atoms with van der Waals surface area (Å²) in [5, 5.41) is 1.91. The lowest BCUT2D eigenvalue weighted by molar-refractivity contribution is -0.134. The topological polar surface area (TPSA) is 77.6 Å². The van der Waals surface area contributed by atoms with Crippen LogP contribution in [-0.4, -0.2) is 58.8 Å². The number of nitrogens with zero attached hydrogens (tertiary/aromatic N) is 3. The van der Waals surface area contributed by atoms with Gasteiger partial charge in [0.05, 0.1) is 4.88 Å². The fraction of sp³-hybridized carbons (Fsp3) is 0.389. The van der Waals surface area contributed by atoms with Crippen molar-refractivity contribution in [1.82, 2.24) is 25.6 Å². The van der Waals surface area contributed by atoms with Gasteiger partial charge in [0.2, 0.25) is 5.91 Å². The van der Waals surface area contributed by atoms with E-state index in [1.165, 1.54) is 11.3 Å². The predicted molar refractivity (Wildman–Crippen MR) is 98.5 cm³/mol. The Morgan fingerprint density at radius 3 is 2.46 bits per heavy atom. The van der Waals surface area contributed by atoms with Gasteiger partial charge in [0.15, 0.2) is 0 Å². The highest BCUT2D eigenvalue weighted by Gasteiger charge is 2.34. The lowest BCUT2D eigenvalue weighted by atomic mass is 10.0. The van der Waals surface area contributed by atoms with Gasteiger partial charge in [-0.05, 0) is 35.6 Å². The van der Waals surface area contributed by atoms with Crippen molar-refractivity contribution in [3.63, 3.8) is 0 Å². The second-order valence-electron chi connectivity index (χ2n) is 6.50. The molecule has 2 aliphatic rings. The third-order valence-electron chi connectivity index (χ3n) is 4.92. The standard InChI is InChI=1S/C18H21N5O2S/c24-17(15-12-14(20-21-15)13-3-5-19-6-4-13)22-7-9-23(10-8-22)18(25)16-2-1-11-26-16/h1-6,11,14-15,20-21H,7-10,12H2. The summed E-state index contributed by atoms with van der Waals surface area (Å²) < 4.78 is 0. The van der Waals surface area contributed by atoms with Crippen molar-refractivity contribution in [1.29, 1.82) is 0 Å². The van der Waals surface area contributed by atoms with Crippen LogP contribution in [0.1, 0.15) is 27.7 Å². The number of hydrogen-bond donors (Lipinski definition) is 2. The zero-order chi connectivity index (χ0) is 17.9. The average Bonchev–Trinajstić information content (AvgIpc) is 3.40. The first kappa shape index (κ1) is 17.1. The number of amides is 2. The van der Waals surface area contributed by atoms with E-state index in [2.05, 4.69) is 15.8 Å². The van der Waals surface area contributed by atoms with Crippen LogP contribution in [0, 0.1) is 0 Å². The van der Waals surface area contributed by atoms with Crippen molar-refractivity contribution >= 4 is 23.2 Å². The Balaban J connectivity index is 1.31. The smallest absolute Gasteiger partial charge is 0.264 e. The molecule has 2 N–H and O–H groups in total. The zero-order valence-corrected chi connectivity index (χ0v) is 15.1. The van der Waals surface area contributed by atoms with Crippen LogP contribution >= 0.6 is 11.3 Å². The van der Waals surface area contributed by atoms with E-state index in [0.29, 0.717) is 32.6 Å². The van der Waals surface area contributed by atoms with Crippen molar-refractivity contribution in [2.75, 3.05) is 26.2 Å². The Morgan fingerprint density at radius 1 is 1.04 bits per heavy atom. The molecule has 2 atom stereocenters. The van der Waals surface area contributed by atoms with Crippen molar-refractivity contribution in [2.24, 2.45) is 0 Å². The van der Waals surface area contributed by atoms with E-state index < -0.39 is 0 Å². The zero-order valence-electron chi connectivity index (χ0n) is 14.3. The maximum atomic E-state index is 12.8. The number of aromatic nitrogens is 1. The minimum atomic E-state index is -0.243. The average molecular weight is 371 g/mol. The van der Waals surface area contributed by atoms with Gasteiger partial charge >= 0.3 is 0 Å². The highest BCUT2D eigenvalue weighted by Crippen LogP contribution is 2.23. The van der Waals surface area contributed by atoms with Gasteiger partial charge in [-0.15, -0.1) is 11.3 Å². The maximum absolute atomic E-state index is 12.8. The van der Waals surface area contributed by atoms with Gasteiger partial charge in [-0.2, -0.15) is 0 Å². The summed E-state index contributed by atoms with van der Waals surface area (Å²) in [6.07, 6.45) is 4.23. The van der Waals surface area contributed by atoms with E-state index in [-0.39, 0.29) is 23.9 Å². The quantitative estimate of drug-likeness (QED) is 0.843. The summed E-state index contributed by atoms with van der Waals surface area (Å²) >= 11 is 1.46. The molecule has 2 amide bonds. The molecule has 4 rings (SSSR count). The molecule has 2 aliphatic heterocycles. The van der Waals surface area contributed by atoms with Gasteiger partial charge in [0, 0.05) is 44.6 Å². The molecule has 2 saturated heterocycles. The highest BCUT2D eigenvalue weighted by molar-refractivity contribution is 7.12. The number of carbonyl (C=O) groups excluding carboxylic acids is 2. The minimum Gasteiger partial charge on any atom is -0.338 e. The Hall–Kier alpha value is -2.29. The molecule has 136 valence electrons. The van der Waals surface area contributed by atoms with Crippen LogP contribution in [0.15, 0.2) is 42.0 Å². The van der Waals surface area contributed by atoms with Gasteiger partial charge in [-0.3, -0.25) is 14.6 Å². The Labute approximate surface area is 156 Å². The lowest BCUT2D eigenvalue weighted by Gasteiger charge is -2.35. The first-order valence-electron chi connectivity index (χ1n) is 8.75. The predicted octanol–water partition coefficient (Wildman–Crippen LogP) is 1.04. The fourth-order valence-electron chi connectivity index (χ4n) is 3.44. The van der Waals surface area contributed by atoms with E-state index in [1.54, 1.807) is 12.4 Å². The lowest BCUT2D eigenvalue weighted by Crippen LogP contribution is -2.54. The summed E-state index contributed by atoms with van der Waals surface area (Å²) in [6, 6.07) is 7.51. The van der Waals surface area contributed by atoms with E-state index in [4.69, 9.17) is 0 Å². The number of piperazine rings is 1. The van der Waals surface area contributed by atoms with Crippen molar-refractivity contribution in [2.45, 2.75) is 18.5 Å². The van der Waals surface area contributed by atoms with Crippen LogP contribution in [0.2, 0.25) is 0 Å². The molecule has 0 radical (unpaired) electrons. The summed E-state index contributed by atoms with van der Waals surface area (Å²) in [5.41, 5.74) is 7.44. The molecule has 2 aromatic heterocycles. The van der Waals surface area contributed by atoms with Gasteiger partial charge in [-0.1, -0.05) is 6.07 Å². The van der Waals surface area contributed by atoms with Crippen molar-refractivity contribution in [3.8, 4) is 0 Å². The van der Waals surface area contributed by atoms with Crippen LogP contribution in [-0.2, 0) is 4.79 Å². The Morgan fingerprint density at radius 2 is 1.77 bits per heavy atom. The molecular weight excluding hydrogens is 350 g/mol. The number of hydrazine groups is 1. The highest BCUT2D eigenvalue weighted by atomic mass is 32.1. The maximum Gasteiger partial charge on any atom is 0.264 e. The monoisotopic (exact) mass is 371 g/mol. The molecule has 2 unspecified atom stereocenters. The van der Waals surface area contributed by atoms with Crippen LogP contribution in [0.3, 0.4) is 0 Å². The molecule has 0 aromatic carbocycles. The molecule has 0 aliphatic carbocycles. The van der Waals surface area contributed by atoms with Gasteiger partial charge in [-0.25, -0.2) is 10.9 Å². The summed E-state index contributed by atoms with van der Waals surface area (Å²) in [4.78, 5) is 33.7. The van der Waals surface area contributed by atoms with Crippen LogP contribution in [0.4, 0.5) is 0 Å². The molecule has 0 bridgehead atoms. The SMILES string of the molecule is O=C(c1cccs1)N1CCN(C(=O)C2CC(c3ccncc3)NN2)CC1. The molecular formula is C18H21N5O2S. The van der Waals surface area contributed by atoms with Crippen molar-refractivity contribution in [3.05, 3.63) is 52.5 Å². The largest absolute Gasteiger partial charge is 0.338 e. The van der Waals surface area contributed by atoms with E-state index in [1.807, 2.05) is 39.4 Å². The summed E-state index contributed by atoms with van der Waals surface area (Å²) in [6.45, 7) is 2.31. The van der Waals surface area contributed by atoms with Crippen LogP contribution in [0.5, 0.6) is 0 Å². The number of hydrogen-bond acceptors (Lipinski definition) is 6. The number of pyridine rings is 1. The third-order valence-corrected chi connectivity index (χ3v) is 5.78. The second-order valence-corrected chi connectivity index (χ2v) is 7.45. The van der Waals surface area contributed by atoms with Crippen molar-refractivity contribution < 1.29 is 9.59 Å². The normalized spacial score (nSPS) is 23.2. The number of rotatable bonds is 3. The first-order chi connectivity index (χ1) is 12.7. The van der Waals surface area contributed by atoms with Crippen LogP contribution in [0.25, 0.3) is 0 Å².